The van der Waals surface area contributed by atoms with Crippen molar-refractivity contribution in [2.45, 2.75) is 13.5 Å². The van der Waals surface area contributed by atoms with Gasteiger partial charge in [0.05, 0.1) is 13.2 Å². The second kappa shape index (κ2) is 4.34. The van der Waals surface area contributed by atoms with Crippen molar-refractivity contribution in [3.05, 3.63) is 11.8 Å². The summed E-state index contributed by atoms with van der Waals surface area (Å²) < 4.78 is 5.25. The molecule has 1 heterocycles. The maximum absolute atomic E-state index is 5.25. The van der Waals surface area contributed by atoms with E-state index in [-0.39, 0.29) is 0 Å². The first-order chi connectivity index (χ1) is 6.08. The lowest BCUT2D eigenvalue weighted by atomic mass is 10.6. The standard InChI is InChI=1S/C8H16N4O/c1-7-9-10-8(13-7)5-12(4)6-11(2)3/h5-6H2,1-4H3. The minimum absolute atomic E-state index is 0.619. The third kappa shape index (κ3) is 3.52. The van der Waals surface area contributed by atoms with E-state index in [9.17, 15) is 0 Å². The van der Waals surface area contributed by atoms with Crippen LogP contribution in [0.3, 0.4) is 0 Å². The first kappa shape index (κ1) is 10.1. The Bertz CT molecular complexity index is 258. The zero-order chi connectivity index (χ0) is 9.84. The molecule has 0 atom stereocenters. The van der Waals surface area contributed by atoms with Gasteiger partial charge in [-0.3, -0.25) is 9.80 Å². The van der Waals surface area contributed by atoms with Crippen molar-refractivity contribution in [1.29, 1.82) is 0 Å². The lowest BCUT2D eigenvalue weighted by molar-refractivity contribution is 0.189. The van der Waals surface area contributed by atoms with Crippen LogP contribution in [0.4, 0.5) is 0 Å². The minimum Gasteiger partial charge on any atom is -0.424 e. The molecule has 0 saturated heterocycles. The van der Waals surface area contributed by atoms with Gasteiger partial charge in [0.2, 0.25) is 11.8 Å². The van der Waals surface area contributed by atoms with Gasteiger partial charge in [-0.15, -0.1) is 10.2 Å². The molecule has 74 valence electrons. The second-order valence-corrected chi connectivity index (χ2v) is 3.45. The molecule has 0 fully saturated rings. The van der Waals surface area contributed by atoms with Gasteiger partial charge in [-0.25, -0.2) is 0 Å². The van der Waals surface area contributed by atoms with E-state index in [1.165, 1.54) is 0 Å². The fraction of sp³-hybridized carbons (Fsp3) is 0.750. The number of rotatable bonds is 4. The Morgan fingerprint density at radius 3 is 2.38 bits per heavy atom. The molecule has 1 rings (SSSR count). The molecule has 0 unspecified atom stereocenters. The van der Waals surface area contributed by atoms with Crippen LogP contribution in [-0.2, 0) is 6.54 Å². The fourth-order valence-electron chi connectivity index (χ4n) is 1.17. The number of hydrogen-bond acceptors (Lipinski definition) is 5. The fourth-order valence-corrected chi connectivity index (χ4v) is 1.17. The molecule has 0 aliphatic rings. The molecule has 0 saturated carbocycles. The van der Waals surface area contributed by atoms with E-state index in [1.54, 1.807) is 6.92 Å². The van der Waals surface area contributed by atoms with Gasteiger partial charge in [-0.05, 0) is 21.1 Å². The highest BCUT2D eigenvalue weighted by atomic mass is 16.4. The van der Waals surface area contributed by atoms with Gasteiger partial charge in [-0.2, -0.15) is 0 Å². The summed E-state index contributed by atoms with van der Waals surface area (Å²) in [4.78, 5) is 4.19. The van der Waals surface area contributed by atoms with Crippen molar-refractivity contribution in [3.8, 4) is 0 Å². The lowest BCUT2D eigenvalue weighted by Crippen LogP contribution is -2.29. The highest BCUT2D eigenvalue weighted by Crippen LogP contribution is 2.01. The van der Waals surface area contributed by atoms with Crippen LogP contribution in [0.1, 0.15) is 11.8 Å². The maximum atomic E-state index is 5.25. The Balaban J connectivity index is 2.40. The molecule has 0 aliphatic heterocycles. The molecule has 0 N–H and O–H groups in total. The van der Waals surface area contributed by atoms with Crippen molar-refractivity contribution in [3.63, 3.8) is 0 Å². The topological polar surface area (TPSA) is 45.4 Å². The maximum Gasteiger partial charge on any atom is 0.230 e. The lowest BCUT2D eigenvalue weighted by Gasteiger charge is -2.18. The van der Waals surface area contributed by atoms with E-state index < -0.39 is 0 Å². The largest absolute Gasteiger partial charge is 0.424 e. The zero-order valence-electron chi connectivity index (χ0n) is 8.61. The highest BCUT2D eigenvalue weighted by molar-refractivity contribution is 4.77. The molecule has 0 amide bonds. The Morgan fingerprint density at radius 2 is 1.92 bits per heavy atom. The molecule has 1 aromatic rings. The summed E-state index contributed by atoms with van der Waals surface area (Å²) in [6, 6.07) is 0. The highest BCUT2D eigenvalue weighted by Gasteiger charge is 2.06. The number of aromatic nitrogens is 2. The predicted octanol–water partition coefficient (Wildman–Crippen LogP) is 0.329. The van der Waals surface area contributed by atoms with E-state index in [2.05, 4.69) is 20.0 Å². The Labute approximate surface area is 78.3 Å². The summed E-state index contributed by atoms with van der Waals surface area (Å²) in [5, 5.41) is 7.68. The normalized spacial score (nSPS) is 11.5. The van der Waals surface area contributed by atoms with E-state index in [4.69, 9.17) is 4.42 Å². The van der Waals surface area contributed by atoms with Crippen LogP contribution in [0.25, 0.3) is 0 Å². The number of hydrogen-bond donors (Lipinski definition) is 0. The molecule has 0 bridgehead atoms. The quantitative estimate of drug-likeness (QED) is 0.631. The average Bonchev–Trinajstić information content (AvgIpc) is 2.33. The predicted molar refractivity (Wildman–Crippen MR) is 49.1 cm³/mol. The number of nitrogens with zero attached hydrogens (tertiary/aromatic N) is 4. The van der Waals surface area contributed by atoms with Crippen LogP contribution in [0.2, 0.25) is 0 Å². The van der Waals surface area contributed by atoms with E-state index >= 15 is 0 Å². The van der Waals surface area contributed by atoms with Crippen LogP contribution < -0.4 is 0 Å². The SMILES string of the molecule is Cc1nnc(CN(C)CN(C)C)o1. The average molecular weight is 184 g/mol. The van der Waals surface area contributed by atoms with Crippen LogP contribution in [0.15, 0.2) is 4.42 Å². The van der Waals surface area contributed by atoms with Gasteiger partial charge in [-0.1, -0.05) is 0 Å². The summed E-state index contributed by atoms with van der Waals surface area (Å²) >= 11 is 0. The summed E-state index contributed by atoms with van der Waals surface area (Å²) in [5.74, 6) is 1.29. The molecule has 13 heavy (non-hydrogen) atoms. The van der Waals surface area contributed by atoms with Crippen LogP contribution in [0.5, 0.6) is 0 Å². The molecular weight excluding hydrogens is 168 g/mol. The first-order valence-electron chi connectivity index (χ1n) is 4.20. The Kier molecular flexibility index (Phi) is 3.39. The van der Waals surface area contributed by atoms with Crippen molar-refractivity contribution >= 4 is 0 Å². The third-order valence-electron chi connectivity index (χ3n) is 1.50. The van der Waals surface area contributed by atoms with Crippen molar-refractivity contribution in [2.75, 3.05) is 27.8 Å². The van der Waals surface area contributed by atoms with Gasteiger partial charge in [0.1, 0.15) is 0 Å². The zero-order valence-corrected chi connectivity index (χ0v) is 8.61. The van der Waals surface area contributed by atoms with Crippen LogP contribution in [0, 0.1) is 6.92 Å². The summed E-state index contributed by atoms with van der Waals surface area (Å²) in [6.07, 6.45) is 0. The van der Waals surface area contributed by atoms with E-state index in [0.29, 0.717) is 18.3 Å². The van der Waals surface area contributed by atoms with E-state index in [1.807, 2.05) is 21.1 Å². The number of aryl methyl sites for hydroxylation is 1. The Hall–Kier alpha value is -0.940. The van der Waals surface area contributed by atoms with Crippen LogP contribution >= 0.6 is 0 Å². The summed E-state index contributed by atoms with van der Waals surface area (Å²) in [5.41, 5.74) is 0. The molecule has 0 aliphatic carbocycles. The Morgan fingerprint density at radius 1 is 1.23 bits per heavy atom. The molecule has 0 aromatic carbocycles. The van der Waals surface area contributed by atoms with Gasteiger partial charge < -0.3 is 4.42 Å². The third-order valence-corrected chi connectivity index (χ3v) is 1.50. The molecule has 0 spiro atoms. The van der Waals surface area contributed by atoms with Crippen molar-refractivity contribution in [1.82, 2.24) is 20.0 Å². The molecule has 1 aromatic heterocycles. The van der Waals surface area contributed by atoms with Crippen LogP contribution in [-0.4, -0.2) is 47.8 Å². The van der Waals surface area contributed by atoms with Gasteiger partial charge in [0.25, 0.3) is 0 Å². The molecule has 5 nitrogen and oxygen atoms in total. The summed E-state index contributed by atoms with van der Waals surface area (Å²) in [6.45, 7) is 3.36. The van der Waals surface area contributed by atoms with Gasteiger partial charge in [0, 0.05) is 6.92 Å². The molecule has 0 radical (unpaired) electrons. The molecule has 5 heteroatoms. The minimum atomic E-state index is 0.619. The first-order valence-corrected chi connectivity index (χ1v) is 4.20. The van der Waals surface area contributed by atoms with Gasteiger partial charge in [0.15, 0.2) is 0 Å². The molecular formula is C8H16N4O. The monoisotopic (exact) mass is 184 g/mol. The van der Waals surface area contributed by atoms with E-state index in [0.717, 1.165) is 6.67 Å². The second-order valence-electron chi connectivity index (χ2n) is 3.45. The van der Waals surface area contributed by atoms with Gasteiger partial charge >= 0.3 is 0 Å². The van der Waals surface area contributed by atoms with Crippen molar-refractivity contribution in [2.24, 2.45) is 0 Å². The van der Waals surface area contributed by atoms with Crippen molar-refractivity contribution < 1.29 is 4.42 Å². The summed E-state index contributed by atoms with van der Waals surface area (Å²) in [7, 11) is 6.06. The smallest absolute Gasteiger partial charge is 0.230 e.